The van der Waals surface area contributed by atoms with Crippen LogP contribution in [0, 0.1) is 0 Å². The molecule has 2 aromatic rings. The summed E-state index contributed by atoms with van der Waals surface area (Å²) in [6.07, 6.45) is 0. The van der Waals surface area contributed by atoms with Crippen LogP contribution in [-0.4, -0.2) is 20.0 Å². The molecule has 0 atom stereocenters. The minimum Gasteiger partial charge on any atom is -0.398 e. The van der Waals surface area contributed by atoms with Crippen molar-refractivity contribution in [1.29, 1.82) is 0 Å². The van der Waals surface area contributed by atoms with Crippen LogP contribution in [-0.2, 0) is 0 Å². The Labute approximate surface area is 112 Å². The number of benzene rings is 2. The predicted molar refractivity (Wildman–Crippen MR) is 79.6 cm³/mol. The molecule has 19 heavy (non-hydrogen) atoms. The van der Waals surface area contributed by atoms with E-state index in [1.807, 2.05) is 43.3 Å². The van der Waals surface area contributed by atoms with E-state index < -0.39 is 0 Å². The first-order valence-corrected chi connectivity index (χ1v) is 6.01. The lowest BCUT2D eigenvalue weighted by atomic mass is 10.1. The van der Waals surface area contributed by atoms with Crippen molar-refractivity contribution in [3.05, 3.63) is 54.1 Å². The second-order valence-corrected chi connectivity index (χ2v) is 4.48. The van der Waals surface area contributed by atoms with E-state index in [2.05, 4.69) is 5.32 Å². The first-order valence-electron chi connectivity index (χ1n) is 6.01. The lowest BCUT2D eigenvalue weighted by Gasteiger charge is -2.13. The van der Waals surface area contributed by atoms with E-state index in [0.29, 0.717) is 11.3 Å². The van der Waals surface area contributed by atoms with Crippen molar-refractivity contribution in [3.63, 3.8) is 0 Å². The first-order chi connectivity index (χ1) is 9.08. The largest absolute Gasteiger partial charge is 0.398 e. The molecule has 0 heterocycles. The van der Waals surface area contributed by atoms with Crippen LogP contribution in [0.2, 0.25) is 0 Å². The molecule has 0 fully saturated rings. The Kier molecular flexibility index (Phi) is 3.71. The van der Waals surface area contributed by atoms with E-state index in [1.54, 1.807) is 24.3 Å². The smallest absolute Gasteiger partial charge is 0.257 e. The second-order valence-electron chi connectivity index (χ2n) is 4.48. The number of nitrogen functional groups attached to an aromatic ring is 1. The summed E-state index contributed by atoms with van der Waals surface area (Å²) >= 11 is 0. The molecule has 4 nitrogen and oxygen atoms in total. The Hall–Kier alpha value is -2.49. The Morgan fingerprint density at radius 3 is 2.26 bits per heavy atom. The van der Waals surface area contributed by atoms with Crippen molar-refractivity contribution in [2.75, 3.05) is 30.0 Å². The molecule has 0 aliphatic heterocycles. The van der Waals surface area contributed by atoms with E-state index in [0.717, 1.165) is 11.4 Å². The second kappa shape index (κ2) is 5.44. The number of nitrogens with zero attached hydrogens (tertiary/aromatic N) is 1. The standard InChI is InChI=1S/C15H17N3O/c1-18(2)12-9-7-11(8-10-12)17-15(19)13-5-3-4-6-14(13)16/h3-10H,16H2,1-2H3,(H,17,19). The van der Waals surface area contributed by atoms with Gasteiger partial charge in [-0.2, -0.15) is 0 Å². The molecule has 0 spiro atoms. The van der Waals surface area contributed by atoms with Gasteiger partial charge < -0.3 is 16.0 Å². The Balaban J connectivity index is 2.13. The molecule has 2 aromatic carbocycles. The van der Waals surface area contributed by atoms with Crippen LogP contribution in [0.4, 0.5) is 17.1 Å². The molecular formula is C15H17N3O. The molecule has 0 aromatic heterocycles. The third-order valence-corrected chi connectivity index (χ3v) is 2.85. The third-order valence-electron chi connectivity index (χ3n) is 2.85. The van der Waals surface area contributed by atoms with Gasteiger partial charge in [0.1, 0.15) is 0 Å². The maximum Gasteiger partial charge on any atom is 0.257 e. The number of carbonyl (C=O) groups is 1. The van der Waals surface area contributed by atoms with Gasteiger partial charge in [-0.3, -0.25) is 4.79 Å². The number of amides is 1. The highest BCUT2D eigenvalue weighted by molar-refractivity contribution is 6.07. The van der Waals surface area contributed by atoms with Gasteiger partial charge in [-0.15, -0.1) is 0 Å². The average Bonchev–Trinajstić information content (AvgIpc) is 2.39. The number of nitrogens with two attached hydrogens (primary N) is 1. The van der Waals surface area contributed by atoms with Crippen molar-refractivity contribution < 1.29 is 4.79 Å². The minimum absolute atomic E-state index is 0.198. The summed E-state index contributed by atoms with van der Waals surface area (Å²) in [5.74, 6) is -0.198. The lowest BCUT2D eigenvalue weighted by molar-refractivity contribution is 0.102. The third kappa shape index (κ3) is 3.04. The maximum absolute atomic E-state index is 12.1. The van der Waals surface area contributed by atoms with Crippen LogP contribution in [0.15, 0.2) is 48.5 Å². The van der Waals surface area contributed by atoms with Crippen LogP contribution in [0.25, 0.3) is 0 Å². The number of rotatable bonds is 3. The summed E-state index contributed by atoms with van der Waals surface area (Å²) in [6.45, 7) is 0. The van der Waals surface area contributed by atoms with Crippen molar-refractivity contribution in [2.24, 2.45) is 0 Å². The molecule has 0 radical (unpaired) electrons. The molecule has 0 aliphatic carbocycles. The number of carbonyl (C=O) groups excluding carboxylic acids is 1. The normalized spacial score (nSPS) is 10.0. The van der Waals surface area contributed by atoms with Gasteiger partial charge in [-0.1, -0.05) is 12.1 Å². The van der Waals surface area contributed by atoms with Crippen LogP contribution in [0.1, 0.15) is 10.4 Å². The van der Waals surface area contributed by atoms with Crippen molar-refractivity contribution in [2.45, 2.75) is 0 Å². The molecule has 0 aliphatic rings. The summed E-state index contributed by atoms with van der Waals surface area (Å²) in [7, 11) is 3.94. The van der Waals surface area contributed by atoms with Crippen LogP contribution in [0.3, 0.4) is 0 Å². The van der Waals surface area contributed by atoms with Gasteiger partial charge >= 0.3 is 0 Å². The fourth-order valence-electron chi connectivity index (χ4n) is 1.75. The van der Waals surface area contributed by atoms with E-state index in [-0.39, 0.29) is 5.91 Å². The van der Waals surface area contributed by atoms with E-state index in [9.17, 15) is 4.79 Å². The molecule has 0 bridgehead atoms. The van der Waals surface area contributed by atoms with E-state index >= 15 is 0 Å². The van der Waals surface area contributed by atoms with Crippen molar-refractivity contribution in [1.82, 2.24) is 0 Å². The Morgan fingerprint density at radius 1 is 1.05 bits per heavy atom. The molecule has 0 saturated carbocycles. The first kappa shape index (κ1) is 13.0. The van der Waals surface area contributed by atoms with E-state index in [4.69, 9.17) is 5.73 Å². The van der Waals surface area contributed by atoms with Gasteiger partial charge in [0.2, 0.25) is 0 Å². The number of nitrogens with one attached hydrogen (secondary N) is 1. The zero-order chi connectivity index (χ0) is 13.8. The number of hydrogen-bond acceptors (Lipinski definition) is 3. The highest BCUT2D eigenvalue weighted by atomic mass is 16.1. The van der Waals surface area contributed by atoms with Crippen LogP contribution < -0.4 is 16.0 Å². The fourth-order valence-corrected chi connectivity index (χ4v) is 1.75. The number of hydrogen-bond donors (Lipinski definition) is 2. The number of anilines is 3. The quantitative estimate of drug-likeness (QED) is 0.829. The number of para-hydroxylation sites is 1. The van der Waals surface area contributed by atoms with Crippen LogP contribution in [0.5, 0.6) is 0 Å². The molecule has 1 amide bonds. The minimum atomic E-state index is -0.198. The zero-order valence-electron chi connectivity index (χ0n) is 11.1. The van der Waals surface area contributed by atoms with Gasteiger partial charge in [0.15, 0.2) is 0 Å². The fraction of sp³-hybridized carbons (Fsp3) is 0.133. The summed E-state index contributed by atoms with van der Waals surface area (Å²) in [4.78, 5) is 14.1. The summed E-state index contributed by atoms with van der Waals surface area (Å²) in [6, 6.07) is 14.6. The summed E-state index contributed by atoms with van der Waals surface area (Å²) < 4.78 is 0. The maximum atomic E-state index is 12.1. The van der Waals surface area contributed by atoms with Crippen LogP contribution >= 0.6 is 0 Å². The SMILES string of the molecule is CN(C)c1ccc(NC(=O)c2ccccc2N)cc1. The summed E-state index contributed by atoms with van der Waals surface area (Å²) in [5, 5.41) is 2.83. The monoisotopic (exact) mass is 255 g/mol. The molecular weight excluding hydrogens is 238 g/mol. The zero-order valence-corrected chi connectivity index (χ0v) is 11.1. The lowest BCUT2D eigenvalue weighted by Crippen LogP contribution is -2.14. The molecule has 98 valence electrons. The van der Waals surface area contributed by atoms with E-state index in [1.165, 1.54) is 0 Å². The highest BCUT2D eigenvalue weighted by Gasteiger charge is 2.08. The van der Waals surface area contributed by atoms with Gasteiger partial charge in [-0.25, -0.2) is 0 Å². The van der Waals surface area contributed by atoms with Gasteiger partial charge in [-0.05, 0) is 36.4 Å². The topological polar surface area (TPSA) is 58.4 Å². The predicted octanol–water partition coefficient (Wildman–Crippen LogP) is 2.59. The molecule has 0 unspecified atom stereocenters. The molecule has 4 heteroatoms. The summed E-state index contributed by atoms with van der Waals surface area (Å²) in [5.41, 5.74) is 8.56. The van der Waals surface area contributed by atoms with Crippen molar-refractivity contribution in [3.8, 4) is 0 Å². The van der Waals surface area contributed by atoms with Gasteiger partial charge in [0.25, 0.3) is 5.91 Å². The Morgan fingerprint density at radius 2 is 1.68 bits per heavy atom. The average molecular weight is 255 g/mol. The molecule has 2 rings (SSSR count). The molecule has 3 N–H and O–H groups in total. The van der Waals surface area contributed by atoms with Gasteiger partial charge in [0, 0.05) is 31.2 Å². The van der Waals surface area contributed by atoms with Gasteiger partial charge in [0.05, 0.1) is 5.56 Å². The highest BCUT2D eigenvalue weighted by Crippen LogP contribution is 2.18. The molecule has 0 saturated heterocycles. The van der Waals surface area contributed by atoms with Crippen molar-refractivity contribution >= 4 is 23.0 Å². The Bertz CT molecular complexity index is 576.